The molecule has 4 rings (SSSR count). The quantitative estimate of drug-likeness (QED) is 0.466. The van der Waals surface area contributed by atoms with E-state index in [1.807, 2.05) is 11.1 Å². The van der Waals surface area contributed by atoms with E-state index in [1.54, 1.807) is 0 Å². The largest absolute Gasteiger partial charge is 0.481 e. The molecular formula is C27H33N2O4+. The fourth-order valence-corrected chi connectivity index (χ4v) is 5.37. The minimum absolute atomic E-state index is 0.0238. The van der Waals surface area contributed by atoms with Gasteiger partial charge in [-0.1, -0.05) is 49.8 Å². The fraction of sp³-hybridized carbons (Fsp3) is 0.444. The molecule has 6 heteroatoms. The molecule has 1 N–H and O–H groups in total. The number of allylic oxidation sites excluding steroid dienone is 9. The predicted octanol–water partition coefficient (Wildman–Crippen LogP) is 4.19. The molecule has 2 aliphatic carbocycles. The number of aliphatic carboxylic acids is 1. The van der Waals surface area contributed by atoms with Crippen molar-refractivity contribution in [3.8, 4) is 0 Å². The number of rotatable bonds is 7. The van der Waals surface area contributed by atoms with Crippen molar-refractivity contribution in [2.75, 3.05) is 20.2 Å². The molecule has 2 heterocycles. The van der Waals surface area contributed by atoms with E-state index < -0.39 is 5.97 Å². The van der Waals surface area contributed by atoms with E-state index in [1.165, 1.54) is 24.0 Å². The predicted molar refractivity (Wildman–Crippen MR) is 127 cm³/mol. The second kappa shape index (κ2) is 9.38. The van der Waals surface area contributed by atoms with E-state index in [4.69, 9.17) is 9.84 Å². The molecule has 0 aromatic heterocycles. The zero-order chi connectivity index (χ0) is 23.6. The Morgan fingerprint density at radius 2 is 2.09 bits per heavy atom. The Morgan fingerprint density at radius 1 is 1.27 bits per heavy atom. The Labute approximate surface area is 195 Å². The Bertz CT molecular complexity index is 1050. The van der Waals surface area contributed by atoms with Crippen molar-refractivity contribution in [3.63, 3.8) is 0 Å². The van der Waals surface area contributed by atoms with Gasteiger partial charge in [0.15, 0.2) is 18.5 Å². The first-order valence-electron chi connectivity index (χ1n) is 11.6. The summed E-state index contributed by atoms with van der Waals surface area (Å²) in [6, 6.07) is 0. The van der Waals surface area contributed by atoms with Crippen LogP contribution in [0.4, 0.5) is 0 Å². The van der Waals surface area contributed by atoms with Crippen LogP contribution in [0.15, 0.2) is 71.8 Å². The summed E-state index contributed by atoms with van der Waals surface area (Å²) < 4.78 is 7.08. The lowest BCUT2D eigenvalue weighted by Crippen LogP contribution is -2.36. The molecule has 0 aromatic carbocycles. The van der Waals surface area contributed by atoms with Crippen LogP contribution in [0.3, 0.4) is 0 Å². The lowest BCUT2D eigenvalue weighted by molar-refractivity contribution is -0.461. The van der Waals surface area contributed by atoms with Gasteiger partial charge >= 0.3 is 11.9 Å². The van der Waals surface area contributed by atoms with E-state index in [2.05, 4.69) is 67.2 Å². The van der Waals surface area contributed by atoms with E-state index >= 15 is 0 Å². The van der Waals surface area contributed by atoms with Gasteiger partial charge in [-0.3, -0.25) is 9.59 Å². The standard InChI is InChI=1S/C27H32N2O4/c1-27(2)17-19(10-11-20-7-6-14-28(20)15-12-24(30)31)26-21-8-4-5-9-23(21)29(18-22(26)27)16-13-25(32)33-3/h4-6,8-11,14,18,21,26H,7,12-13,15-17H2,1-3H3/p+1/b19-10+,20-11+. The van der Waals surface area contributed by atoms with Crippen molar-refractivity contribution in [1.29, 1.82) is 0 Å². The Balaban J connectivity index is 1.63. The van der Waals surface area contributed by atoms with Crippen molar-refractivity contribution in [1.82, 2.24) is 4.90 Å². The third-order valence-corrected chi connectivity index (χ3v) is 7.01. The lowest BCUT2D eigenvalue weighted by atomic mass is 9.75. The molecule has 0 radical (unpaired) electrons. The number of ether oxygens (including phenoxy) is 1. The summed E-state index contributed by atoms with van der Waals surface area (Å²) in [5.74, 6) is -0.439. The summed E-state index contributed by atoms with van der Waals surface area (Å²) in [5, 5.41) is 9.03. The van der Waals surface area contributed by atoms with Gasteiger partial charge in [0.05, 0.1) is 19.4 Å². The minimum Gasteiger partial charge on any atom is -0.481 e. The molecule has 0 aromatic rings. The normalized spacial score (nSPS) is 27.2. The van der Waals surface area contributed by atoms with Gasteiger partial charge in [-0.25, -0.2) is 4.58 Å². The zero-order valence-electron chi connectivity index (χ0n) is 19.7. The van der Waals surface area contributed by atoms with Crippen molar-refractivity contribution < 1.29 is 24.0 Å². The van der Waals surface area contributed by atoms with Crippen molar-refractivity contribution in [3.05, 3.63) is 71.8 Å². The molecular weight excluding hydrogens is 416 g/mol. The summed E-state index contributed by atoms with van der Waals surface area (Å²) in [7, 11) is 1.43. The van der Waals surface area contributed by atoms with Crippen molar-refractivity contribution in [2.45, 2.75) is 39.5 Å². The Kier molecular flexibility index (Phi) is 6.54. The van der Waals surface area contributed by atoms with E-state index in [0.29, 0.717) is 25.4 Å². The number of carboxylic acids is 1. The van der Waals surface area contributed by atoms with Crippen LogP contribution in [-0.2, 0) is 14.3 Å². The highest BCUT2D eigenvalue weighted by Gasteiger charge is 2.49. The van der Waals surface area contributed by atoms with Crippen molar-refractivity contribution in [2.24, 2.45) is 17.3 Å². The topological polar surface area (TPSA) is 69.9 Å². The summed E-state index contributed by atoms with van der Waals surface area (Å²) >= 11 is 0. The molecule has 1 fully saturated rings. The van der Waals surface area contributed by atoms with E-state index in [9.17, 15) is 9.59 Å². The number of hydrogen-bond acceptors (Lipinski definition) is 4. The van der Waals surface area contributed by atoms with E-state index in [0.717, 1.165) is 18.5 Å². The van der Waals surface area contributed by atoms with Gasteiger partial charge < -0.3 is 14.7 Å². The molecule has 33 heavy (non-hydrogen) atoms. The molecule has 6 nitrogen and oxygen atoms in total. The number of nitrogens with zero attached hydrogens (tertiary/aromatic N) is 2. The first-order valence-corrected chi connectivity index (χ1v) is 11.6. The van der Waals surface area contributed by atoms with Crippen molar-refractivity contribution >= 4 is 17.7 Å². The molecule has 1 saturated carbocycles. The van der Waals surface area contributed by atoms with Gasteiger partial charge in [0.2, 0.25) is 0 Å². The second-order valence-electron chi connectivity index (χ2n) is 9.66. The zero-order valence-corrected chi connectivity index (χ0v) is 19.7. The van der Waals surface area contributed by atoms with Gasteiger partial charge in [0.25, 0.3) is 0 Å². The minimum atomic E-state index is -0.778. The SMILES string of the molecule is COC(=O)CC[N+]1=C2C=CC=CC2C2C(=C1)C(C)(C)C/C2=C\C=C1/CC=CN1CCC(=O)O. The molecule has 0 spiro atoms. The average Bonchev–Trinajstić information content (AvgIpc) is 3.35. The monoisotopic (exact) mass is 449 g/mol. The van der Waals surface area contributed by atoms with Gasteiger partial charge in [0, 0.05) is 42.4 Å². The number of carboxylic acid groups (broad SMARTS) is 1. The molecule has 2 aliphatic heterocycles. The van der Waals surface area contributed by atoms with Gasteiger partial charge in [0.1, 0.15) is 6.42 Å². The summed E-state index contributed by atoms with van der Waals surface area (Å²) in [5.41, 5.74) is 5.18. The number of carbonyl (C=O) groups is 2. The van der Waals surface area contributed by atoms with Crippen LogP contribution in [0, 0.1) is 17.3 Å². The second-order valence-corrected chi connectivity index (χ2v) is 9.66. The molecule has 174 valence electrons. The molecule has 2 unspecified atom stereocenters. The summed E-state index contributed by atoms with van der Waals surface area (Å²) in [6.45, 7) is 5.68. The number of carbonyl (C=O) groups excluding carboxylic acids is 1. The van der Waals surface area contributed by atoms with Crippen LogP contribution in [0.1, 0.15) is 39.5 Å². The maximum absolute atomic E-state index is 11.8. The van der Waals surface area contributed by atoms with Crippen LogP contribution in [0.2, 0.25) is 0 Å². The molecule has 0 bridgehead atoms. The molecule has 4 aliphatic rings. The Morgan fingerprint density at radius 3 is 2.85 bits per heavy atom. The van der Waals surface area contributed by atoms with Gasteiger partial charge in [-0.2, -0.15) is 0 Å². The average molecular weight is 450 g/mol. The number of methoxy groups -OCH3 is 1. The highest BCUT2D eigenvalue weighted by Crippen LogP contribution is 2.54. The van der Waals surface area contributed by atoms with Gasteiger partial charge in [-0.05, 0) is 17.9 Å². The van der Waals surface area contributed by atoms with Gasteiger partial charge in [-0.15, -0.1) is 0 Å². The summed E-state index contributed by atoms with van der Waals surface area (Å²) in [6.07, 6.45) is 21.6. The number of fused-ring (bicyclic) bond motifs is 3. The van der Waals surface area contributed by atoms with Crippen LogP contribution in [-0.4, -0.2) is 52.4 Å². The highest BCUT2D eigenvalue weighted by atomic mass is 16.5. The maximum Gasteiger partial charge on any atom is 0.311 e. The third kappa shape index (κ3) is 4.80. The highest BCUT2D eigenvalue weighted by molar-refractivity contribution is 5.97. The van der Waals surface area contributed by atoms with E-state index in [-0.39, 0.29) is 23.7 Å². The first-order chi connectivity index (χ1) is 15.8. The Hall–Kier alpha value is -3.15. The molecule has 0 saturated heterocycles. The number of esters is 1. The van der Waals surface area contributed by atoms with Crippen LogP contribution in [0.5, 0.6) is 0 Å². The third-order valence-electron chi connectivity index (χ3n) is 7.01. The lowest BCUT2D eigenvalue weighted by Gasteiger charge is -2.30. The number of hydrogen-bond donors (Lipinski definition) is 1. The first kappa shape index (κ1) is 23.0. The maximum atomic E-state index is 11.8. The molecule has 0 amide bonds. The molecule has 2 atom stereocenters. The van der Waals surface area contributed by atoms with Crippen LogP contribution < -0.4 is 0 Å². The summed E-state index contributed by atoms with van der Waals surface area (Å²) in [4.78, 5) is 24.8. The van der Waals surface area contributed by atoms with Crippen LogP contribution >= 0.6 is 0 Å². The van der Waals surface area contributed by atoms with Crippen LogP contribution in [0.25, 0.3) is 0 Å². The smallest absolute Gasteiger partial charge is 0.311 e. The fourth-order valence-electron chi connectivity index (χ4n) is 5.37.